The molecular formula is C8H14NNa2O8P. The largest absolute Gasteiger partial charge is 1.00 e. The van der Waals surface area contributed by atoms with E-state index in [1.165, 1.54) is 0 Å². The summed E-state index contributed by atoms with van der Waals surface area (Å²) in [4.78, 5) is 32.9. The fourth-order valence-corrected chi connectivity index (χ4v) is 2.24. The summed E-state index contributed by atoms with van der Waals surface area (Å²) in [6, 6.07) is -1.39. The zero-order valence-electron chi connectivity index (χ0n) is 11.2. The average molecular weight is 329 g/mol. The van der Waals surface area contributed by atoms with Crippen molar-refractivity contribution in [2.75, 3.05) is 12.8 Å². The number of piperidine rings is 1. The quantitative estimate of drug-likeness (QED) is 0.251. The van der Waals surface area contributed by atoms with Crippen molar-refractivity contribution in [3.8, 4) is 0 Å². The Morgan fingerprint density at radius 1 is 1.05 bits per heavy atom. The molecule has 1 fully saturated rings. The van der Waals surface area contributed by atoms with E-state index in [4.69, 9.17) is 5.11 Å². The van der Waals surface area contributed by atoms with Gasteiger partial charge in [0.1, 0.15) is 18.3 Å². The SMILES string of the molecule is O=C(CP([O-])[O-])N1C(O)C(O)C(O)C(O)C1CO.[Na+].[Na+]. The minimum absolute atomic E-state index is 0. The molecule has 0 spiro atoms. The summed E-state index contributed by atoms with van der Waals surface area (Å²) in [5.41, 5.74) is 0. The van der Waals surface area contributed by atoms with Crippen molar-refractivity contribution in [3.05, 3.63) is 0 Å². The van der Waals surface area contributed by atoms with Crippen molar-refractivity contribution in [1.82, 2.24) is 4.90 Å². The van der Waals surface area contributed by atoms with Crippen LogP contribution in [0.4, 0.5) is 0 Å². The molecule has 5 N–H and O–H groups in total. The van der Waals surface area contributed by atoms with Crippen LogP contribution in [-0.2, 0) is 4.79 Å². The number of aliphatic hydroxyl groups excluding tert-OH is 5. The van der Waals surface area contributed by atoms with Gasteiger partial charge in [0.2, 0.25) is 5.91 Å². The number of hydrogen-bond acceptors (Lipinski definition) is 8. The van der Waals surface area contributed by atoms with Crippen LogP contribution in [-0.4, -0.2) is 79.7 Å². The summed E-state index contributed by atoms with van der Waals surface area (Å²) >= 11 is 0. The van der Waals surface area contributed by atoms with Gasteiger partial charge in [0.25, 0.3) is 0 Å². The van der Waals surface area contributed by atoms with E-state index in [1.54, 1.807) is 0 Å². The molecule has 0 saturated carbocycles. The average Bonchev–Trinajstić information content (AvgIpc) is 2.29. The summed E-state index contributed by atoms with van der Waals surface area (Å²) in [5.74, 6) is -1.08. The van der Waals surface area contributed by atoms with Gasteiger partial charge in [0, 0.05) is 6.16 Å². The topological polar surface area (TPSA) is 168 Å². The van der Waals surface area contributed by atoms with Crippen molar-refractivity contribution in [2.45, 2.75) is 30.6 Å². The zero-order valence-corrected chi connectivity index (χ0v) is 16.1. The van der Waals surface area contributed by atoms with E-state index in [-0.39, 0.29) is 59.1 Å². The van der Waals surface area contributed by atoms with Gasteiger partial charge >= 0.3 is 59.1 Å². The van der Waals surface area contributed by atoms with Crippen molar-refractivity contribution in [3.63, 3.8) is 0 Å². The van der Waals surface area contributed by atoms with Crippen LogP contribution >= 0.6 is 8.38 Å². The first-order chi connectivity index (χ1) is 8.31. The monoisotopic (exact) mass is 329 g/mol. The third-order valence-electron chi connectivity index (χ3n) is 2.78. The van der Waals surface area contributed by atoms with Crippen molar-refractivity contribution < 1.29 is 99.2 Å². The van der Waals surface area contributed by atoms with Gasteiger partial charge in [-0.1, -0.05) is 0 Å². The number of aliphatic hydroxyl groups is 5. The molecule has 1 amide bonds. The fraction of sp³-hybridized carbons (Fsp3) is 0.875. The van der Waals surface area contributed by atoms with E-state index in [1.807, 2.05) is 0 Å². The third kappa shape index (κ3) is 5.36. The maximum Gasteiger partial charge on any atom is 1.00 e. The van der Waals surface area contributed by atoms with Gasteiger partial charge in [0.05, 0.1) is 12.6 Å². The van der Waals surface area contributed by atoms with E-state index in [2.05, 4.69) is 0 Å². The normalized spacial score (nSPS) is 33.4. The standard InChI is InChI=1S/C8H14NO8P.2Na/c10-1-3-5(12)6(13)7(14)8(15)9(3)4(11)2-18(16)17;;/h3,5-8,10,12-15H,1-2H2;;/q-2;2*+1. The summed E-state index contributed by atoms with van der Waals surface area (Å²) in [6.07, 6.45) is -8.12. The van der Waals surface area contributed by atoms with Crippen LogP contribution in [0.25, 0.3) is 0 Å². The van der Waals surface area contributed by atoms with Crippen LogP contribution in [0.5, 0.6) is 0 Å². The van der Waals surface area contributed by atoms with E-state index in [9.17, 15) is 35.0 Å². The second kappa shape index (κ2) is 10.4. The molecule has 0 aromatic heterocycles. The predicted octanol–water partition coefficient (Wildman–Crippen LogP) is -11.4. The summed E-state index contributed by atoms with van der Waals surface area (Å²) in [7, 11) is -3.06. The van der Waals surface area contributed by atoms with E-state index in [0.717, 1.165) is 0 Å². The summed E-state index contributed by atoms with van der Waals surface area (Å²) in [5, 5.41) is 46.9. The molecule has 1 rings (SSSR count). The number of nitrogens with zero attached hydrogens (tertiary/aromatic N) is 1. The molecule has 106 valence electrons. The van der Waals surface area contributed by atoms with Gasteiger partial charge in [-0.15, -0.1) is 0 Å². The molecule has 5 unspecified atom stereocenters. The Hall–Kier alpha value is 1.62. The minimum atomic E-state index is -3.06. The Labute approximate surface area is 160 Å². The van der Waals surface area contributed by atoms with Gasteiger partial charge in [-0.05, 0) is 0 Å². The molecule has 20 heavy (non-hydrogen) atoms. The number of rotatable bonds is 3. The smallest absolute Gasteiger partial charge is 0.841 e. The van der Waals surface area contributed by atoms with Gasteiger partial charge in [-0.2, -0.15) is 0 Å². The molecule has 1 saturated heterocycles. The van der Waals surface area contributed by atoms with Gasteiger partial charge in [0.15, 0.2) is 6.23 Å². The minimum Gasteiger partial charge on any atom is -0.841 e. The molecule has 1 aliphatic rings. The number of hydrogen-bond donors (Lipinski definition) is 5. The zero-order chi connectivity index (χ0) is 14.0. The van der Waals surface area contributed by atoms with Gasteiger partial charge in [-0.25, -0.2) is 0 Å². The van der Waals surface area contributed by atoms with Crippen LogP contribution in [0.3, 0.4) is 0 Å². The second-order valence-corrected chi connectivity index (χ2v) is 4.91. The maximum absolute atomic E-state index is 11.6. The molecule has 1 aliphatic heterocycles. The van der Waals surface area contributed by atoms with Crippen molar-refractivity contribution in [2.24, 2.45) is 0 Å². The Morgan fingerprint density at radius 3 is 1.95 bits per heavy atom. The van der Waals surface area contributed by atoms with Gasteiger partial charge in [-0.3, -0.25) is 4.79 Å². The molecule has 0 aromatic carbocycles. The number of carbonyl (C=O) groups excluding carboxylic acids is 1. The van der Waals surface area contributed by atoms with Crippen LogP contribution in [0, 0.1) is 0 Å². The fourth-order valence-electron chi connectivity index (χ4n) is 1.85. The van der Waals surface area contributed by atoms with Crippen LogP contribution in [0.15, 0.2) is 0 Å². The number of amides is 1. The first kappa shape index (κ1) is 23.9. The molecule has 0 aliphatic carbocycles. The summed E-state index contributed by atoms with van der Waals surface area (Å²) < 4.78 is 0. The predicted molar refractivity (Wildman–Crippen MR) is 53.5 cm³/mol. The third-order valence-corrected chi connectivity index (χ3v) is 3.31. The molecule has 0 bridgehead atoms. The summed E-state index contributed by atoms with van der Waals surface area (Å²) in [6.45, 7) is -0.802. The molecule has 1 heterocycles. The van der Waals surface area contributed by atoms with Crippen molar-refractivity contribution >= 4 is 14.3 Å². The van der Waals surface area contributed by atoms with Crippen LogP contribution in [0.2, 0.25) is 0 Å². The van der Waals surface area contributed by atoms with E-state index >= 15 is 0 Å². The maximum atomic E-state index is 11.6. The second-order valence-electron chi connectivity index (χ2n) is 3.93. The van der Waals surface area contributed by atoms with Crippen LogP contribution in [0.1, 0.15) is 0 Å². The molecule has 0 aromatic rings. The first-order valence-corrected chi connectivity index (χ1v) is 6.43. The first-order valence-electron chi connectivity index (χ1n) is 5.07. The Bertz CT molecular complexity index is 312. The van der Waals surface area contributed by atoms with E-state index < -0.39 is 57.6 Å². The van der Waals surface area contributed by atoms with E-state index in [0.29, 0.717) is 4.90 Å². The molecule has 5 atom stereocenters. The number of likely N-dealkylation sites (tertiary alicyclic amines) is 1. The van der Waals surface area contributed by atoms with Crippen molar-refractivity contribution in [1.29, 1.82) is 0 Å². The molecular weight excluding hydrogens is 315 g/mol. The van der Waals surface area contributed by atoms with Crippen LogP contribution < -0.4 is 68.9 Å². The Morgan fingerprint density at radius 2 is 1.55 bits per heavy atom. The Kier molecular flexibility index (Phi) is 12.4. The molecule has 12 heteroatoms. The Balaban J connectivity index is 0. The number of carbonyl (C=O) groups is 1. The molecule has 0 radical (unpaired) electrons. The van der Waals surface area contributed by atoms with Gasteiger partial charge < -0.3 is 48.6 Å². The molecule has 9 nitrogen and oxygen atoms in total.